The number of rotatable bonds is 4. The maximum atomic E-state index is 13.2. The zero-order chi connectivity index (χ0) is 13.8. The zero-order valence-corrected chi connectivity index (χ0v) is 11.4. The van der Waals surface area contributed by atoms with Crippen molar-refractivity contribution in [3.05, 3.63) is 59.4 Å². The molecule has 100 valence electrons. The fourth-order valence-electron chi connectivity index (χ4n) is 2.17. The molecule has 0 amide bonds. The normalized spacial score (nSPS) is 14.1. The fourth-order valence-corrected chi connectivity index (χ4v) is 2.17. The van der Waals surface area contributed by atoms with Gasteiger partial charge in [-0.2, -0.15) is 0 Å². The SMILES string of the molecule is Cc1nccnc1C(C)N[C@@H](C)c1cccc(F)c1. The van der Waals surface area contributed by atoms with Crippen molar-refractivity contribution in [1.82, 2.24) is 15.3 Å². The van der Waals surface area contributed by atoms with Crippen molar-refractivity contribution < 1.29 is 4.39 Å². The highest BCUT2D eigenvalue weighted by atomic mass is 19.1. The first-order chi connectivity index (χ1) is 9.08. The van der Waals surface area contributed by atoms with E-state index in [2.05, 4.69) is 15.3 Å². The average molecular weight is 259 g/mol. The van der Waals surface area contributed by atoms with Gasteiger partial charge in [-0.1, -0.05) is 12.1 Å². The Kier molecular flexibility index (Phi) is 4.22. The molecule has 2 aromatic rings. The van der Waals surface area contributed by atoms with Crippen LogP contribution >= 0.6 is 0 Å². The third-order valence-electron chi connectivity index (χ3n) is 3.18. The van der Waals surface area contributed by atoms with Gasteiger partial charge in [-0.3, -0.25) is 9.97 Å². The largest absolute Gasteiger partial charge is 0.302 e. The van der Waals surface area contributed by atoms with Gasteiger partial charge >= 0.3 is 0 Å². The Bertz CT molecular complexity index is 557. The van der Waals surface area contributed by atoms with Crippen molar-refractivity contribution in [2.45, 2.75) is 32.9 Å². The molecule has 0 saturated heterocycles. The van der Waals surface area contributed by atoms with Crippen molar-refractivity contribution >= 4 is 0 Å². The molecule has 1 unspecified atom stereocenters. The molecule has 0 fully saturated rings. The summed E-state index contributed by atoms with van der Waals surface area (Å²) in [5.41, 5.74) is 2.76. The predicted molar refractivity (Wildman–Crippen MR) is 73.1 cm³/mol. The second-order valence-electron chi connectivity index (χ2n) is 4.69. The molecule has 4 heteroatoms. The minimum Gasteiger partial charge on any atom is -0.302 e. The summed E-state index contributed by atoms with van der Waals surface area (Å²) in [5.74, 6) is -0.213. The van der Waals surface area contributed by atoms with Crippen LogP contribution in [0.3, 0.4) is 0 Å². The maximum absolute atomic E-state index is 13.2. The molecule has 0 aliphatic heterocycles. The predicted octanol–water partition coefficient (Wildman–Crippen LogP) is 3.34. The van der Waals surface area contributed by atoms with E-state index in [4.69, 9.17) is 0 Å². The molecule has 0 spiro atoms. The van der Waals surface area contributed by atoms with E-state index < -0.39 is 0 Å². The van der Waals surface area contributed by atoms with Gasteiger partial charge in [0, 0.05) is 24.5 Å². The molecule has 0 aliphatic carbocycles. The minimum atomic E-state index is -0.213. The van der Waals surface area contributed by atoms with Crippen molar-refractivity contribution in [3.63, 3.8) is 0 Å². The Labute approximate surface area is 112 Å². The fraction of sp³-hybridized carbons (Fsp3) is 0.333. The lowest BCUT2D eigenvalue weighted by molar-refractivity contribution is 0.480. The number of nitrogens with zero attached hydrogens (tertiary/aromatic N) is 2. The third kappa shape index (κ3) is 3.35. The van der Waals surface area contributed by atoms with Crippen LogP contribution in [0.2, 0.25) is 0 Å². The molecule has 1 N–H and O–H groups in total. The lowest BCUT2D eigenvalue weighted by atomic mass is 10.1. The number of hydrogen-bond donors (Lipinski definition) is 1. The standard InChI is InChI=1S/C15H18FN3/c1-10(13-5-4-6-14(16)9-13)19-12(3)15-11(2)17-7-8-18-15/h4-10,12,19H,1-3H3/t10-,12?/m0/s1. The highest BCUT2D eigenvalue weighted by Gasteiger charge is 2.14. The molecule has 19 heavy (non-hydrogen) atoms. The van der Waals surface area contributed by atoms with E-state index in [1.807, 2.05) is 26.8 Å². The van der Waals surface area contributed by atoms with E-state index in [9.17, 15) is 4.39 Å². The Morgan fingerprint density at radius 3 is 2.53 bits per heavy atom. The summed E-state index contributed by atoms with van der Waals surface area (Å²) >= 11 is 0. The molecule has 0 aliphatic rings. The first-order valence-electron chi connectivity index (χ1n) is 6.37. The van der Waals surface area contributed by atoms with Gasteiger partial charge in [-0.05, 0) is 38.5 Å². The van der Waals surface area contributed by atoms with Crippen LogP contribution in [0, 0.1) is 12.7 Å². The Balaban J connectivity index is 2.11. The highest BCUT2D eigenvalue weighted by Crippen LogP contribution is 2.19. The van der Waals surface area contributed by atoms with Gasteiger partial charge in [0.05, 0.1) is 11.4 Å². The smallest absolute Gasteiger partial charge is 0.123 e. The van der Waals surface area contributed by atoms with Crippen LogP contribution in [0.4, 0.5) is 4.39 Å². The van der Waals surface area contributed by atoms with Crippen LogP contribution < -0.4 is 5.32 Å². The van der Waals surface area contributed by atoms with E-state index in [0.29, 0.717) is 0 Å². The van der Waals surface area contributed by atoms with E-state index in [1.54, 1.807) is 24.5 Å². The van der Waals surface area contributed by atoms with Crippen LogP contribution in [-0.2, 0) is 0 Å². The molecular formula is C15H18FN3. The lowest BCUT2D eigenvalue weighted by Gasteiger charge is -2.20. The first-order valence-corrected chi connectivity index (χ1v) is 6.37. The van der Waals surface area contributed by atoms with Crippen molar-refractivity contribution in [2.24, 2.45) is 0 Å². The molecule has 1 aromatic carbocycles. The summed E-state index contributed by atoms with van der Waals surface area (Å²) in [7, 11) is 0. The summed E-state index contributed by atoms with van der Waals surface area (Å²) in [6.07, 6.45) is 3.37. The van der Waals surface area contributed by atoms with Crippen LogP contribution in [0.5, 0.6) is 0 Å². The van der Waals surface area contributed by atoms with Gasteiger partial charge in [0.25, 0.3) is 0 Å². The van der Waals surface area contributed by atoms with Gasteiger partial charge in [0.2, 0.25) is 0 Å². The summed E-state index contributed by atoms with van der Waals surface area (Å²) in [6.45, 7) is 5.98. The number of hydrogen-bond acceptors (Lipinski definition) is 3. The number of aryl methyl sites for hydroxylation is 1. The monoisotopic (exact) mass is 259 g/mol. The van der Waals surface area contributed by atoms with Gasteiger partial charge in [-0.25, -0.2) is 4.39 Å². The average Bonchev–Trinajstić information content (AvgIpc) is 2.39. The highest BCUT2D eigenvalue weighted by molar-refractivity contribution is 5.20. The molecule has 0 saturated carbocycles. The first kappa shape index (κ1) is 13.6. The van der Waals surface area contributed by atoms with Crippen molar-refractivity contribution in [1.29, 1.82) is 0 Å². The summed E-state index contributed by atoms with van der Waals surface area (Å²) in [4.78, 5) is 8.58. The molecule has 0 radical (unpaired) electrons. The van der Waals surface area contributed by atoms with E-state index in [-0.39, 0.29) is 17.9 Å². The van der Waals surface area contributed by atoms with Crippen LogP contribution in [0.15, 0.2) is 36.7 Å². The molecule has 3 nitrogen and oxygen atoms in total. The van der Waals surface area contributed by atoms with Crippen molar-refractivity contribution in [3.8, 4) is 0 Å². The van der Waals surface area contributed by atoms with Crippen LogP contribution in [0.25, 0.3) is 0 Å². The molecule has 1 heterocycles. The zero-order valence-electron chi connectivity index (χ0n) is 11.4. The van der Waals surface area contributed by atoms with Gasteiger partial charge in [-0.15, -0.1) is 0 Å². The molecular weight excluding hydrogens is 241 g/mol. The molecule has 0 bridgehead atoms. The molecule has 2 rings (SSSR count). The summed E-state index contributed by atoms with van der Waals surface area (Å²) in [6, 6.07) is 6.75. The van der Waals surface area contributed by atoms with Crippen LogP contribution in [0.1, 0.15) is 42.9 Å². The topological polar surface area (TPSA) is 37.8 Å². The Morgan fingerprint density at radius 2 is 1.84 bits per heavy atom. The van der Waals surface area contributed by atoms with E-state index >= 15 is 0 Å². The Hall–Kier alpha value is -1.81. The molecule has 2 atom stereocenters. The number of benzene rings is 1. The summed E-state index contributed by atoms with van der Waals surface area (Å²) in [5, 5.41) is 3.41. The maximum Gasteiger partial charge on any atom is 0.123 e. The second kappa shape index (κ2) is 5.89. The summed E-state index contributed by atoms with van der Waals surface area (Å²) < 4.78 is 13.2. The van der Waals surface area contributed by atoms with E-state index in [1.165, 1.54) is 6.07 Å². The van der Waals surface area contributed by atoms with Gasteiger partial charge in [0.15, 0.2) is 0 Å². The quantitative estimate of drug-likeness (QED) is 0.915. The minimum absolute atomic E-state index is 0.0482. The van der Waals surface area contributed by atoms with Gasteiger partial charge in [0.1, 0.15) is 5.82 Å². The van der Waals surface area contributed by atoms with E-state index in [0.717, 1.165) is 17.0 Å². The number of nitrogens with one attached hydrogen (secondary N) is 1. The number of aromatic nitrogens is 2. The van der Waals surface area contributed by atoms with Gasteiger partial charge < -0.3 is 5.32 Å². The number of halogens is 1. The second-order valence-corrected chi connectivity index (χ2v) is 4.69. The van der Waals surface area contributed by atoms with Crippen LogP contribution in [-0.4, -0.2) is 9.97 Å². The lowest BCUT2D eigenvalue weighted by Crippen LogP contribution is -2.24. The Morgan fingerprint density at radius 1 is 1.11 bits per heavy atom. The molecule has 1 aromatic heterocycles. The van der Waals surface area contributed by atoms with Crippen molar-refractivity contribution in [2.75, 3.05) is 0 Å². The third-order valence-corrected chi connectivity index (χ3v) is 3.18.